The Kier molecular flexibility index (Phi) is 3.56. The number of carbonyl (C=O) groups excluding carboxylic acids is 3. The number of benzene rings is 1. The molecule has 1 aromatic heterocycles. The molecule has 3 saturated heterocycles. The number of fused-ring (bicyclic) bond motifs is 7. The van der Waals surface area contributed by atoms with Crippen LogP contribution in [-0.4, -0.2) is 40.2 Å². The number of imide groups is 1. The fraction of sp³-hybridized carbons (Fsp3) is 0.368. The molecule has 4 aliphatic rings. The Labute approximate surface area is 179 Å². The van der Waals surface area contributed by atoms with Gasteiger partial charge in [0.05, 0.1) is 22.5 Å². The van der Waals surface area contributed by atoms with E-state index in [0.29, 0.717) is 33.0 Å². The zero-order valence-electron chi connectivity index (χ0n) is 14.9. The van der Waals surface area contributed by atoms with Crippen LogP contribution in [0.25, 0.3) is 0 Å². The summed E-state index contributed by atoms with van der Waals surface area (Å²) < 4.78 is 0. The van der Waals surface area contributed by atoms with Gasteiger partial charge in [-0.25, -0.2) is 9.88 Å². The van der Waals surface area contributed by atoms with E-state index in [1.807, 2.05) is 4.90 Å². The third-order valence-corrected chi connectivity index (χ3v) is 7.90. The second-order valence-corrected chi connectivity index (χ2v) is 9.48. The summed E-state index contributed by atoms with van der Waals surface area (Å²) in [5.74, 6) is -2.41. The van der Waals surface area contributed by atoms with Crippen molar-refractivity contribution in [3.8, 4) is 0 Å². The molecule has 3 amide bonds. The minimum absolute atomic E-state index is 0.184. The normalized spacial score (nSPS) is 32.8. The van der Waals surface area contributed by atoms with Gasteiger partial charge in [0.1, 0.15) is 5.54 Å². The first-order valence-electron chi connectivity index (χ1n) is 9.31. The molecule has 4 unspecified atom stereocenters. The molecule has 3 fully saturated rings. The van der Waals surface area contributed by atoms with Crippen LogP contribution in [-0.2, 0) is 19.9 Å². The Balaban J connectivity index is 1.61. The summed E-state index contributed by atoms with van der Waals surface area (Å²) in [6.45, 7) is 0.631. The Hall–Kier alpha value is -2.00. The number of amides is 3. The van der Waals surface area contributed by atoms with Gasteiger partial charge in [-0.2, -0.15) is 0 Å². The maximum Gasteiger partial charge on any atom is 0.250 e. The van der Waals surface area contributed by atoms with E-state index in [-0.39, 0.29) is 23.8 Å². The molecule has 4 aliphatic heterocycles. The molecular formula is C19H14Cl2N4O3S. The number of halogens is 2. The quantitative estimate of drug-likeness (QED) is 0.678. The van der Waals surface area contributed by atoms with Crippen LogP contribution in [0, 0.1) is 11.8 Å². The second-order valence-electron chi connectivity index (χ2n) is 7.76. The van der Waals surface area contributed by atoms with Crippen molar-refractivity contribution in [3.63, 3.8) is 0 Å². The number of anilines is 2. The molecule has 0 saturated carbocycles. The zero-order chi connectivity index (χ0) is 20.1. The second kappa shape index (κ2) is 5.78. The third kappa shape index (κ3) is 1.98. The third-order valence-electron chi connectivity index (χ3n) is 6.63. The molecule has 10 heteroatoms. The van der Waals surface area contributed by atoms with Gasteiger partial charge < -0.3 is 5.32 Å². The highest BCUT2D eigenvalue weighted by atomic mass is 35.5. The van der Waals surface area contributed by atoms with E-state index in [0.717, 1.165) is 17.7 Å². The monoisotopic (exact) mass is 448 g/mol. The topological polar surface area (TPSA) is 82.6 Å². The molecule has 0 radical (unpaired) electrons. The van der Waals surface area contributed by atoms with Crippen molar-refractivity contribution in [1.29, 1.82) is 0 Å². The zero-order valence-corrected chi connectivity index (χ0v) is 17.2. The van der Waals surface area contributed by atoms with Gasteiger partial charge in [-0.05, 0) is 31.5 Å². The average molecular weight is 449 g/mol. The predicted octanol–water partition coefficient (Wildman–Crippen LogP) is 2.88. The van der Waals surface area contributed by atoms with Gasteiger partial charge in [-0.3, -0.25) is 19.3 Å². The maximum absolute atomic E-state index is 13.6. The summed E-state index contributed by atoms with van der Waals surface area (Å²) >= 11 is 13.9. The predicted molar refractivity (Wildman–Crippen MR) is 108 cm³/mol. The van der Waals surface area contributed by atoms with E-state index in [4.69, 9.17) is 23.2 Å². The van der Waals surface area contributed by atoms with Crippen LogP contribution in [0.5, 0.6) is 0 Å². The summed E-state index contributed by atoms with van der Waals surface area (Å²) in [5.41, 5.74) is -0.226. The number of hydrogen-bond donors (Lipinski definition) is 1. The Bertz CT molecular complexity index is 1110. The van der Waals surface area contributed by atoms with Gasteiger partial charge in [0.25, 0.3) is 5.91 Å². The molecule has 2 aromatic rings. The summed E-state index contributed by atoms with van der Waals surface area (Å²) in [5, 5.41) is 5.65. The average Bonchev–Trinajstić information content (AvgIpc) is 3.43. The molecule has 29 heavy (non-hydrogen) atoms. The number of hydrogen-bond acceptors (Lipinski definition) is 6. The lowest BCUT2D eigenvalue weighted by Crippen LogP contribution is -2.54. The number of carbonyl (C=O) groups is 3. The highest BCUT2D eigenvalue weighted by Crippen LogP contribution is 2.61. The highest BCUT2D eigenvalue weighted by molar-refractivity contribution is 7.14. The van der Waals surface area contributed by atoms with Gasteiger partial charge in [0, 0.05) is 28.2 Å². The number of nitrogens with one attached hydrogen (secondary N) is 1. The van der Waals surface area contributed by atoms with Crippen LogP contribution >= 0.6 is 34.5 Å². The van der Waals surface area contributed by atoms with Crippen molar-refractivity contribution in [2.24, 2.45) is 11.8 Å². The van der Waals surface area contributed by atoms with Crippen LogP contribution in [0.4, 0.5) is 10.8 Å². The minimum Gasteiger partial charge on any atom is -0.323 e. The number of aromatic nitrogens is 1. The van der Waals surface area contributed by atoms with Gasteiger partial charge in [0.2, 0.25) is 11.8 Å². The first-order valence-corrected chi connectivity index (χ1v) is 10.9. The fourth-order valence-electron chi connectivity index (χ4n) is 5.74. The summed E-state index contributed by atoms with van der Waals surface area (Å²) in [6.07, 6.45) is 3.17. The Morgan fingerprint density at radius 1 is 1.21 bits per heavy atom. The minimum atomic E-state index is -1.28. The van der Waals surface area contributed by atoms with E-state index in [2.05, 4.69) is 10.3 Å². The maximum atomic E-state index is 13.6. The van der Waals surface area contributed by atoms with E-state index in [1.165, 1.54) is 11.3 Å². The molecule has 6 rings (SSSR count). The Morgan fingerprint density at radius 3 is 2.79 bits per heavy atom. The van der Waals surface area contributed by atoms with E-state index >= 15 is 0 Å². The van der Waals surface area contributed by atoms with Crippen LogP contribution < -0.4 is 10.2 Å². The lowest BCUT2D eigenvalue weighted by atomic mass is 9.75. The molecular weight excluding hydrogens is 435 g/mol. The van der Waals surface area contributed by atoms with Crippen molar-refractivity contribution in [3.05, 3.63) is 39.3 Å². The standard InChI is InChI=1S/C19H14Cl2N4O3S/c20-8-6-9-14(10(21)7-8)23-17(28)19(9)13-12(11-2-1-4-24(11)19)15(26)25(16(13)27)18-22-3-5-29-18/h3,5-7,11-13H,1-2,4H2,(H,23,28). The van der Waals surface area contributed by atoms with Crippen LogP contribution in [0.1, 0.15) is 18.4 Å². The molecule has 1 N–H and O–H groups in total. The van der Waals surface area contributed by atoms with Crippen molar-refractivity contribution >= 4 is 63.1 Å². The van der Waals surface area contributed by atoms with Crippen LogP contribution in [0.2, 0.25) is 10.0 Å². The molecule has 5 heterocycles. The van der Waals surface area contributed by atoms with Gasteiger partial charge in [0.15, 0.2) is 5.13 Å². The summed E-state index contributed by atoms with van der Waals surface area (Å²) in [6, 6.07) is 3.08. The van der Waals surface area contributed by atoms with E-state index in [1.54, 1.807) is 23.7 Å². The summed E-state index contributed by atoms with van der Waals surface area (Å²) in [4.78, 5) is 47.9. The largest absolute Gasteiger partial charge is 0.323 e. The Morgan fingerprint density at radius 2 is 2.03 bits per heavy atom. The van der Waals surface area contributed by atoms with Crippen molar-refractivity contribution in [2.45, 2.75) is 24.4 Å². The highest BCUT2D eigenvalue weighted by Gasteiger charge is 2.75. The SMILES string of the molecule is O=C1C2C3CCCN3C3(C(=O)Nc4c(Cl)cc(Cl)cc43)C2C(=O)N1c1nccs1. The molecule has 0 bridgehead atoms. The molecule has 1 spiro atoms. The first kappa shape index (κ1) is 17.8. The van der Waals surface area contributed by atoms with Crippen molar-refractivity contribution in [1.82, 2.24) is 9.88 Å². The number of nitrogens with zero attached hydrogens (tertiary/aromatic N) is 3. The molecule has 0 aliphatic carbocycles. The number of thiazole rings is 1. The van der Waals surface area contributed by atoms with Crippen molar-refractivity contribution in [2.75, 3.05) is 16.8 Å². The van der Waals surface area contributed by atoms with Crippen LogP contribution in [0.15, 0.2) is 23.7 Å². The van der Waals surface area contributed by atoms with Crippen molar-refractivity contribution < 1.29 is 14.4 Å². The molecule has 148 valence electrons. The van der Waals surface area contributed by atoms with E-state index < -0.39 is 17.4 Å². The molecule has 4 atom stereocenters. The van der Waals surface area contributed by atoms with Gasteiger partial charge in [-0.15, -0.1) is 11.3 Å². The smallest absolute Gasteiger partial charge is 0.250 e. The first-order chi connectivity index (χ1) is 14.0. The molecule has 1 aromatic carbocycles. The number of rotatable bonds is 1. The van der Waals surface area contributed by atoms with Gasteiger partial charge >= 0.3 is 0 Å². The van der Waals surface area contributed by atoms with Crippen LogP contribution in [0.3, 0.4) is 0 Å². The van der Waals surface area contributed by atoms with E-state index in [9.17, 15) is 14.4 Å². The molecule has 7 nitrogen and oxygen atoms in total. The van der Waals surface area contributed by atoms with Gasteiger partial charge in [-0.1, -0.05) is 23.2 Å². The lowest BCUT2D eigenvalue weighted by Gasteiger charge is -2.36. The fourth-order valence-corrected chi connectivity index (χ4v) is 6.93. The summed E-state index contributed by atoms with van der Waals surface area (Å²) in [7, 11) is 0. The lowest BCUT2D eigenvalue weighted by molar-refractivity contribution is -0.135.